The zero-order chi connectivity index (χ0) is 15.4. The smallest absolute Gasteiger partial charge is 0.238 e. The number of carbonyl (C=O) groups is 1. The maximum Gasteiger partial charge on any atom is 0.238 e. The van der Waals surface area contributed by atoms with Crippen LogP contribution in [0.1, 0.15) is 16.1 Å². The Morgan fingerprint density at radius 3 is 2.86 bits per heavy atom. The van der Waals surface area contributed by atoms with Gasteiger partial charge in [0.1, 0.15) is 11.6 Å². The number of rotatable bonds is 4. The SMILES string of the molecule is COc1cc(Br)c(/C=C(\C#N)C(=O)c2ccco2)cc1O. The Labute approximate surface area is 129 Å². The molecule has 2 aromatic rings. The Bertz CT molecular complexity index is 742. The van der Waals surface area contributed by atoms with Crippen molar-refractivity contribution in [2.45, 2.75) is 0 Å². The lowest BCUT2D eigenvalue weighted by Gasteiger charge is -2.06. The van der Waals surface area contributed by atoms with E-state index in [1.54, 1.807) is 12.1 Å². The molecule has 0 bridgehead atoms. The lowest BCUT2D eigenvalue weighted by Crippen LogP contribution is -2.00. The van der Waals surface area contributed by atoms with Crippen LogP contribution in [0.15, 0.2) is 45.0 Å². The summed E-state index contributed by atoms with van der Waals surface area (Å²) in [6, 6.07) is 7.83. The van der Waals surface area contributed by atoms with Gasteiger partial charge in [-0.05, 0) is 35.9 Å². The summed E-state index contributed by atoms with van der Waals surface area (Å²) in [6.45, 7) is 0. The van der Waals surface area contributed by atoms with Crippen molar-refractivity contribution < 1.29 is 19.1 Å². The first-order valence-electron chi connectivity index (χ1n) is 5.83. The molecule has 0 aliphatic heterocycles. The summed E-state index contributed by atoms with van der Waals surface area (Å²) in [5, 5.41) is 18.9. The van der Waals surface area contributed by atoms with E-state index in [0.29, 0.717) is 10.0 Å². The molecule has 0 saturated carbocycles. The topological polar surface area (TPSA) is 83.5 Å². The fourth-order valence-electron chi connectivity index (χ4n) is 1.68. The largest absolute Gasteiger partial charge is 0.504 e. The number of allylic oxidation sites excluding steroid dienone is 1. The number of halogens is 1. The first-order valence-corrected chi connectivity index (χ1v) is 6.62. The van der Waals surface area contributed by atoms with Crippen molar-refractivity contribution in [3.63, 3.8) is 0 Å². The van der Waals surface area contributed by atoms with Crippen LogP contribution in [0.3, 0.4) is 0 Å². The summed E-state index contributed by atoms with van der Waals surface area (Å²) < 4.78 is 10.5. The van der Waals surface area contributed by atoms with E-state index < -0.39 is 5.78 Å². The molecule has 0 spiro atoms. The molecule has 6 heteroatoms. The number of hydrogen-bond donors (Lipinski definition) is 1. The lowest BCUT2D eigenvalue weighted by molar-refractivity contribution is 0.101. The molecule has 2 rings (SSSR count). The zero-order valence-corrected chi connectivity index (χ0v) is 12.5. The van der Waals surface area contributed by atoms with Gasteiger partial charge in [-0.1, -0.05) is 15.9 Å². The number of benzene rings is 1. The number of carbonyl (C=O) groups excluding carboxylic acids is 1. The second kappa shape index (κ2) is 6.29. The van der Waals surface area contributed by atoms with E-state index in [9.17, 15) is 9.90 Å². The van der Waals surface area contributed by atoms with Gasteiger partial charge in [0, 0.05) is 4.47 Å². The number of nitriles is 1. The van der Waals surface area contributed by atoms with Gasteiger partial charge < -0.3 is 14.3 Å². The van der Waals surface area contributed by atoms with E-state index in [1.807, 2.05) is 6.07 Å². The number of ketones is 1. The normalized spacial score (nSPS) is 11.0. The van der Waals surface area contributed by atoms with Crippen LogP contribution in [0.4, 0.5) is 0 Å². The first-order chi connectivity index (χ1) is 10.1. The van der Waals surface area contributed by atoms with Gasteiger partial charge in [-0.15, -0.1) is 0 Å². The number of nitrogens with zero attached hydrogens (tertiary/aromatic N) is 1. The van der Waals surface area contributed by atoms with E-state index in [2.05, 4.69) is 15.9 Å². The highest BCUT2D eigenvalue weighted by molar-refractivity contribution is 9.10. The molecule has 0 aliphatic carbocycles. The van der Waals surface area contributed by atoms with E-state index >= 15 is 0 Å². The van der Waals surface area contributed by atoms with Crippen LogP contribution in [0.2, 0.25) is 0 Å². The van der Waals surface area contributed by atoms with Crippen LogP contribution in [-0.2, 0) is 0 Å². The minimum Gasteiger partial charge on any atom is -0.504 e. The average Bonchev–Trinajstić information content (AvgIpc) is 3.01. The molecule has 0 radical (unpaired) electrons. The minimum atomic E-state index is -0.523. The second-order valence-corrected chi connectivity index (χ2v) is 4.88. The Morgan fingerprint density at radius 1 is 1.52 bits per heavy atom. The molecule has 5 nitrogen and oxygen atoms in total. The molecule has 0 fully saturated rings. The van der Waals surface area contributed by atoms with Gasteiger partial charge in [-0.2, -0.15) is 5.26 Å². The molecular weight excluding hydrogens is 338 g/mol. The van der Waals surface area contributed by atoms with Gasteiger partial charge in [0.05, 0.1) is 13.4 Å². The van der Waals surface area contributed by atoms with Crippen LogP contribution in [0.5, 0.6) is 11.5 Å². The predicted molar refractivity (Wildman–Crippen MR) is 79.0 cm³/mol. The highest BCUT2D eigenvalue weighted by Crippen LogP contribution is 2.33. The van der Waals surface area contributed by atoms with Crippen molar-refractivity contribution in [2.24, 2.45) is 0 Å². The summed E-state index contributed by atoms with van der Waals surface area (Å²) in [7, 11) is 1.43. The van der Waals surface area contributed by atoms with Crippen LogP contribution < -0.4 is 4.74 Å². The van der Waals surface area contributed by atoms with E-state index in [0.717, 1.165) is 0 Å². The molecule has 1 aromatic carbocycles. The number of furan rings is 1. The molecule has 0 atom stereocenters. The first kappa shape index (κ1) is 14.9. The van der Waals surface area contributed by atoms with Crippen molar-refractivity contribution in [1.82, 2.24) is 0 Å². The Morgan fingerprint density at radius 2 is 2.29 bits per heavy atom. The third kappa shape index (κ3) is 3.15. The number of phenols is 1. The monoisotopic (exact) mass is 347 g/mol. The second-order valence-electron chi connectivity index (χ2n) is 4.02. The van der Waals surface area contributed by atoms with E-state index in [4.69, 9.17) is 14.4 Å². The number of aromatic hydroxyl groups is 1. The Balaban J connectivity index is 2.44. The van der Waals surface area contributed by atoms with E-state index in [1.165, 1.54) is 31.6 Å². The highest BCUT2D eigenvalue weighted by atomic mass is 79.9. The Hall–Kier alpha value is -2.52. The zero-order valence-electron chi connectivity index (χ0n) is 11.0. The summed E-state index contributed by atoms with van der Waals surface area (Å²) in [5.41, 5.74) is 0.375. The summed E-state index contributed by atoms with van der Waals surface area (Å²) in [4.78, 5) is 12.1. The molecule has 0 unspecified atom stereocenters. The third-order valence-corrected chi connectivity index (χ3v) is 3.39. The standard InChI is InChI=1S/C15H10BrNO4/c1-20-14-7-11(16)9(6-12(14)18)5-10(8-17)15(19)13-3-2-4-21-13/h2-7,18H,1H3/b10-5+. The highest BCUT2D eigenvalue weighted by Gasteiger charge is 2.16. The van der Waals surface area contributed by atoms with Gasteiger partial charge in [0.15, 0.2) is 17.3 Å². The minimum absolute atomic E-state index is 0.0802. The molecule has 0 amide bonds. The van der Waals surface area contributed by atoms with Gasteiger partial charge in [0.2, 0.25) is 5.78 Å². The van der Waals surface area contributed by atoms with Crippen LogP contribution in [0.25, 0.3) is 6.08 Å². The quantitative estimate of drug-likeness (QED) is 0.519. The fraction of sp³-hybridized carbons (Fsp3) is 0.0667. The summed E-state index contributed by atoms with van der Waals surface area (Å²) in [6.07, 6.45) is 2.73. The van der Waals surface area contributed by atoms with Gasteiger partial charge in [0.25, 0.3) is 0 Å². The van der Waals surface area contributed by atoms with E-state index in [-0.39, 0.29) is 22.8 Å². The molecule has 106 valence electrons. The number of phenolic OH excluding ortho intramolecular Hbond substituents is 1. The van der Waals surface area contributed by atoms with Gasteiger partial charge in [-0.3, -0.25) is 4.79 Å². The number of methoxy groups -OCH3 is 1. The third-order valence-electron chi connectivity index (χ3n) is 2.71. The molecule has 1 heterocycles. The van der Waals surface area contributed by atoms with Crippen molar-refractivity contribution in [3.8, 4) is 17.6 Å². The van der Waals surface area contributed by atoms with Crippen molar-refractivity contribution in [1.29, 1.82) is 5.26 Å². The molecule has 1 aromatic heterocycles. The molecule has 1 N–H and O–H groups in total. The lowest BCUT2D eigenvalue weighted by atomic mass is 10.1. The van der Waals surface area contributed by atoms with Crippen LogP contribution in [-0.4, -0.2) is 18.0 Å². The molecule has 0 aliphatic rings. The van der Waals surface area contributed by atoms with Crippen molar-refractivity contribution >= 4 is 27.8 Å². The maximum atomic E-state index is 12.1. The van der Waals surface area contributed by atoms with Gasteiger partial charge in [-0.25, -0.2) is 0 Å². The predicted octanol–water partition coefficient (Wildman–Crippen LogP) is 3.55. The summed E-state index contributed by atoms with van der Waals surface area (Å²) in [5.74, 6) is -0.244. The van der Waals surface area contributed by atoms with Crippen molar-refractivity contribution in [3.05, 3.63) is 51.9 Å². The fourth-order valence-corrected chi connectivity index (χ4v) is 2.12. The number of ether oxygens (including phenoxy) is 1. The van der Waals surface area contributed by atoms with Crippen molar-refractivity contribution in [2.75, 3.05) is 7.11 Å². The van der Waals surface area contributed by atoms with Gasteiger partial charge >= 0.3 is 0 Å². The molecular formula is C15H10BrNO4. The number of hydrogen-bond acceptors (Lipinski definition) is 5. The maximum absolute atomic E-state index is 12.1. The van der Waals surface area contributed by atoms with Crippen LogP contribution >= 0.6 is 15.9 Å². The molecule has 21 heavy (non-hydrogen) atoms. The summed E-state index contributed by atoms with van der Waals surface area (Å²) >= 11 is 3.30. The van der Waals surface area contributed by atoms with Crippen LogP contribution in [0, 0.1) is 11.3 Å². The molecule has 0 saturated heterocycles. The number of Topliss-reactive ketones (excluding diaryl/α,β-unsaturated/α-hetero) is 1. The average molecular weight is 348 g/mol. The Kier molecular flexibility index (Phi) is 4.45.